The molecule has 0 bridgehead atoms. The van der Waals surface area contributed by atoms with Crippen molar-refractivity contribution in [3.05, 3.63) is 58.1 Å². The van der Waals surface area contributed by atoms with Crippen LogP contribution in [0.5, 0.6) is 11.5 Å². The van der Waals surface area contributed by atoms with E-state index in [2.05, 4.69) is 15.8 Å². The molecule has 0 aliphatic heterocycles. The fraction of sp³-hybridized carbons (Fsp3) is 0.125. The first kappa shape index (κ1) is 17.7. The Morgan fingerprint density at radius 3 is 2.84 bits per heavy atom. The van der Waals surface area contributed by atoms with E-state index in [0.717, 1.165) is 6.07 Å². The van der Waals surface area contributed by atoms with Gasteiger partial charge in [-0.1, -0.05) is 12.1 Å². The second-order valence-corrected chi connectivity index (χ2v) is 4.76. The molecule has 2 rings (SSSR count). The van der Waals surface area contributed by atoms with Crippen LogP contribution < -0.4 is 15.5 Å². The van der Waals surface area contributed by atoms with Crippen LogP contribution in [-0.4, -0.2) is 28.9 Å². The van der Waals surface area contributed by atoms with E-state index in [-0.39, 0.29) is 0 Å². The highest BCUT2D eigenvalue weighted by Crippen LogP contribution is 2.25. The van der Waals surface area contributed by atoms with Gasteiger partial charge >= 0.3 is 11.7 Å². The van der Waals surface area contributed by atoms with E-state index in [1.54, 1.807) is 24.3 Å². The van der Waals surface area contributed by atoms with Crippen LogP contribution >= 0.6 is 0 Å². The standard InChI is InChI=1S/C16H16N4O5/c1-2-25-15-6-4-3-5-12(15)18-16(22)19-17-10-11-7-8-14(21)13(9-11)20(23)24/h3-10,21H,2H2,1H3,(H2,18,19,22)/b17-10+. The van der Waals surface area contributed by atoms with E-state index in [9.17, 15) is 20.0 Å². The minimum absolute atomic E-state index is 0.347. The number of amides is 2. The van der Waals surface area contributed by atoms with Gasteiger partial charge in [-0.3, -0.25) is 10.1 Å². The van der Waals surface area contributed by atoms with Crippen LogP contribution in [-0.2, 0) is 0 Å². The minimum Gasteiger partial charge on any atom is -0.502 e. The molecule has 2 aromatic carbocycles. The van der Waals surface area contributed by atoms with Gasteiger partial charge in [0.1, 0.15) is 5.75 Å². The normalized spacial score (nSPS) is 10.4. The Kier molecular flexibility index (Phi) is 5.88. The summed E-state index contributed by atoms with van der Waals surface area (Å²) >= 11 is 0. The predicted molar refractivity (Wildman–Crippen MR) is 92.1 cm³/mol. The Bertz CT molecular complexity index is 807. The lowest BCUT2D eigenvalue weighted by Crippen LogP contribution is -2.24. The van der Waals surface area contributed by atoms with Crippen LogP contribution in [0.3, 0.4) is 0 Å². The quantitative estimate of drug-likeness (QED) is 0.422. The van der Waals surface area contributed by atoms with E-state index < -0.39 is 22.4 Å². The molecule has 130 valence electrons. The lowest BCUT2D eigenvalue weighted by atomic mass is 10.2. The zero-order valence-electron chi connectivity index (χ0n) is 13.3. The number of nitrogens with one attached hydrogen (secondary N) is 2. The highest BCUT2D eigenvalue weighted by molar-refractivity contribution is 5.91. The Balaban J connectivity index is 1.99. The molecule has 0 saturated carbocycles. The van der Waals surface area contributed by atoms with E-state index in [4.69, 9.17) is 4.74 Å². The number of hydrazone groups is 1. The molecule has 0 saturated heterocycles. The summed E-state index contributed by atoms with van der Waals surface area (Å²) in [5.41, 5.74) is 2.63. The van der Waals surface area contributed by atoms with Crippen LogP contribution in [0, 0.1) is 10.1 Å². The maximum absolute atomic E-state index is 11.8. The monoisotopic (exact) mass is 344 g/mol. The first-order chi connectivity index (χ1) is 12.0. The number of nitro groups is 1. The van der Waals surface area contributed by atoms with Crippen molar-refractivity contribution in [3.63, 3.8) is 0 Å². The third kappa shape index (κ3) is 4.93. The lowest BCUT2D eigenvalue weighted by Gasteiger charge is -2.10. The number of aromatic hydroxyl groups is 1. The molecule has 0 aliphatic carbocycles. The molecule has 0 atom stereocenters. The summed E-state index contributed by atoms with van der Waals surface area (Å²) in [6.07, 6.45) is 1.22. The third-order valence-corrected chi connectivity index (χ3v) is 3.01. The van der Waals surface area contributed by atoms with Gasteiger partial charge in [-0.25, -0.2) is 10.2 Å². The number of benzene rings is 2. The minimum atomic E-state index is -0.711. The summed E-state index contributed by atoms with van der Waals surface area (Å²) < 4.78 is 5.39. The van der Waals surface area contributed by atoms with Gasteiger partial charge in [-0.15, -0.1) is 0 Å². The number of carbonyl (C=O) groups is 1. The molecule has 0 aromatic heterocycles. The molecule has 0 fully saturated rings. The SMILES string of the molecule is CCOc1ccccc1NC(=O)N/N=C/c1ccc(O)c([N+](=O)[O-])c1. The first-order valence-electron chi connectivity index (χ1n) is 7.30. The largest absolute Gasteiger partial charge is 0.502 e. The van der Waals surface area contributed by atoms with E-state index >= 15 is 0 Å². The molecular weight excluding hydrogens is 328 g/mol. The highest BCUT2D eigenvalue weighted by Gasteiger charge is 2.12. The van der Waals surface area contributed by atoms with Crippen LogP contribution in [0.4, 0.5) is 16.2 Å². The average Bonchev–Trinajstić information content (AvgIpc) is 2.58. The van der Waals surface area contributed by atoms with Gasteiger partial charge in [-0.05, 0) is 31.2 Å². The molecule has 9 nitrogen and oxygen atoms in total. The molecule has 0 radical (unpaired) electrons. The molecule has 25 heavy (non-hydrogen) atoms. The van der Waals surface area contributed by atoms with Crippen molar-refractivity contribution in [2.24, 2.45) is 5.10 Å². The number of ether oxygens (including phenoxy) is 1. The Labute approximate surface area is 143 Å². The fourth-order valence-corrected chi connectivity index (χ4v) is 1.93. The van der Waals surface area contributed by atoms with Crippen LogP contribution in [0.25, 0.3) is 0 Å². The van der Waals surface area contributed by atoms with Crippen molar-refractivity contribution < 1.29 is 19.6 Å². The number of rotatable bonds is 6. The summed E-state index contributed by atoms with van der Waals surface area (Å²) in [5.74, 6) is 0.0821. The number of hydrogen-bond donors (Lipinski definition) is 3. The molecular formula is C16H16N4O5. The number of nitrogens with zero attached hydrogens (tertiary/aromatic N) is 2. The molecule has 3 N–H and O–H groups in total. The Hall–Kier alpha value is -3.62. The molecule has 2 amide bonds. The lowest BCUT2D eigenvalue weighted by molar-refractivity contribution is -0.385. The third-order valence-electron chi connectivity index (χ3n) is 3.01. The molecule has 2 aromatic rings. The zero-order valence-corrected chi connectivity index (χ0v) is 13.3. The van der Waals surface area contributed by atoms with Gasteiger partial charge in [0.2, 0.25) is 0 Å². The van der Waals surface area contributed by atoms with Gasteiger partial charge in [0.15, 0.2) is 5.75 Å². The van der Waals surface area contributed by atoms with Crippen molar-refractivity contribution >= 4 is 23.6 Å². The number of hydrogen-bond acceptors (Lipinski definition) is 6. The molecule has 0 unspecified atom stereocenters. The second kappa shape index (κ2) is 8.29. The summed E-state index contributed by atoms with van der Waals surface area (Å²) in [5, 5.41) is 26.4. The summed E-state index contributed by atoms with van der Waals surface area (Å²) in [6.45, 7) is 2.29. The van der Waals surface area contributed by atoms with E-state index in [1.165, 1.54) is 18.3 Å². The van der Waals surface area contributed by atoms with Gasteiger partial charge in [-0.2, -0.15) is 5.10 Å². The summed E-state index contributed by atoms with van der Waals surface area (Å²) in [4.78, 5) is 21.9. The maximum Gasteiger partial charge on any atom is 0.339 e. The summed E-state index contributed by atoms with van der Waals surface area (Å²) in [6, 6.07) is 10.1. The maximum atomic E-state index is 11.8. The first-order valence-corrected chi connectivity index (χ1v) is 7.30. The predicted octanol–water partition coefficient (Wildman–Crippen LogP) is 2.85. The number of phenolic OH excluding ortho intramolecular Hbond substituents is 1. The van der Waals surface area contributed by atoms with E-state index in [0.29, 0.717) is 23.6 Å². The van der Waals surface area contributed by atoms with Gasteiger partial charge in [0, 0.05) is 11.6 Å². The van der Waals surface area contributed by atoms with Crippen LogP contribution in [0.15, 0.2) is 47.6 Å². The highest BCUT2D eigenvalue weighted by atomic mass is 16.6. The van der Waals surface area contributed by atoms with Gasteiger partial charge < -0.3 is 15.2 Å². The molecule has 9 heteroatoms. The average molecular weight is 344 g/mol. The summed E-state index contributed by atoms with van der Waals surface area (Å²) in [7, 11) is 0. The molecule has 0 aliphatic rings. The number of urea groups is 1. The van der Waals surface area contributed by atoms with Crippen molar-refractivity contribution in [3.8, 4) is 11.5 Å². The van der Waals surface area contributed by atoms with Crippen molar-refractivity contribution in [1.82, 2.24) is 5.43 Å². The number of phenols is 1. The number of anilines is 1. The fourth-order valence-electron chi connectivity index (χ4n) is 1.93. The molecule has 0 spiro atoms. The van der Waals surface area contributed by atoms with E-state index in [1.807, 2.05) is 6.92 Å². The van der Waals surface area contributed by atoms with Gasteiger partial charge in [0.25, 0.3) is 0 Å². The Morgan fingerprint density at radius 2 is 2.12 bits per heavy atom. The van der Waals surface area contributed by atoms with Crippen molar-refractivity contribution in [2.45, 2.75) is 6.92 Å². The smallest absolute Gasteiger partial charge is 0.339 e. The zero-order chi connectivity index (χ0) is 18.2. The molecule has 0 heterocycles. The number of carbonyl (C=O) groups excluding carboxylic acids is 1. The Morgan fingerprint density at radius 1 is 1.36 bits per heavy atom. The van der Waals surface area contributed by atoms with Crippen molar-refractivity contribution in [1.29, 1.82) is 0 Å². The topological polar surface area (TPSA) is 126 Å². The van der Waals surface area contributed by atoms with Crippen molar-refractivity contribution in [2.75, 3.05) is 11.9 Å². The van der Waals surface area contributed by atoms with Crippen LogP contribution in [0.1, 0.15) is 12.5 Å². The number of nitro benzene ring substituents is 1. The van der Waals surface area contributed by atoms with Crippen LogP contribution in [0.2, 0.25) is 0 Å². The number of para-hydroxylation sites is 2. The van der Waals surface area contributed by atoms with Gasteiger partial charge in [0.05, 0.1) is 23.4 Å². The second-order valence-electron chi connectivity index (χ2n) is 4.76.